The Labute approximate surface area is 118 Å². The van der Waals surface area contributed by atoms with Crippen LogP contribution in [0.25, 0.3) is 0 Å². The molecule has 112 valence electrons. The maximum absolute atomic E-state index is 11.9. The van der Waals surface area contributed by atoms with Gasteiger partial charge in [0, 0.05) is 12.3 Å². The first-order valence-electron chi connectivity index (χ1n) is 7.58. The zero-order chi connectivity index (χ0) is 14.3. The molecule has 0 saturated carbocycles. The Morgan fingerprint density at radius 2 is 1.95 bits per heavy atom. The molecule has 0 radical (unpaired) electrons. The van der Waals surface area contributed by atoms with Gasteiger partial charge < -0.3 is 5.32 Å². The third kappa shape index (κ3) is 5.65. The summed E-state index contributed by atoms with van der Waals surface area (Å²) in [5.74, 6) is 0. The summed E-state index contributed by atoms with van der Waals surface area (Å²) >= 11 is 0. The van der Waals surface area contributed by atoms with Crippen LogP contribution in [0.2, 0.25) is 0 Å². The van der Waals surface area contributed by atoms with Crippen LogP contribution in [-0.2, 0) is 9.84 Å². The molecule has 0 spiro atoms. The molecule has 1 aliphatic carbocycles. The molecule has 2 unspecified atom stereocenters. The summed E-state index contributed by atoms with van der Waals surface area (Å²) in [6.07, 6.45) is 11.8. The van der Waals surface area contributed by atoms with Crippen molar-refractivity contribution in [2.75, 3.05) is 12.8 Å². The van der Waals surface area contributed by atoms with E-state index in [9.17, 15) is 8.42 Å². The minimum Gasteiger partial charge on any atom is -0.309 e. The van der Waals surface area contributed by atoms with Crippen LogP contribution in [0.15, 0.2) is 11.6 Å². The summed E-state index contributed by atoms with van der Waals surface area (Å²) in [5, 5.41) is 3.10. The molecule has 0 fully saturated rings. The SMILES string of the molecule is CCCNC(C1=CCCCCCC1)C(C)S(C)(=O)=O. The Hall–Kier alpha value is -0.350. The highest BCUT2D eigenvalue weighted by Crippen LogP contribution is 2.23. The molecule has 0 heterocycles. The third-order valence-corrected chi connectivity index (χ3v) is 5.61. The Kier molecular flexibility index (Phi) is 7.08. The number of hydrogen-bond donors (Lipinski definition) is 1. The molecule has 4 heteroatoms. The second kappa shape index (κ2) is 8.05. The van der Waals surface area contributed by atoms with Crippen molar-refractivity contribution in [2.45, 2.75) is 70.1 Å². The lowest BCUT2D eigenvalue weighted by molar-refractivity contribution is 0.501. The molecule has 2 atom stereocenters. The molecular weight excluding hydrogens is 258 g/mol. The highest BCUT2D eigenvalue weighted by Gasteiger charge is 2.28. The molecule has 0 aromatic heterocycles. The summed E-state index contributed by atoms with van der Waals surface area (Å²) in [6.45, 7) is 4.83. The Bertz CT molecular complexity index is 387. The van der Waals surface area contributed by atoms with Crippen molar-refractivity contribution in [3.05, 3.63) is 11.6 Å². The van der Waals surface area contributed by atoms with E-state index in [0.717, 1.165) is 25.8 Å². The Balaban J connectivity index is 2.87. The molecular formula is C15H29NO2S. The molecule has 1 N–H and O–H groups in total. The molecule has 0 bridgehead atoms. The van der Waals surface area contributed by atoms with Gasteiger partial charge in [0.05, 0.1) is 5.25 Å². The smallest absolute Gasteiger partial charge is 0.151 e. The predicted molar refractivity (Wildman–Crippen MR) is 82.2 cm³/mol. The average molecular weight is 287 g/mol. The van der Waals surface area contributed by atoms with Crippen molar-refractivity contribution in [2.24, 2.45) is 0 Å². The van der Waals surface area contributed by atoms with Crippen molar-refractivity contribution in [1.29, 1.82) is 0 Å². The van der Waals surface area contributed by atoms with Crippen molar-refractivity contribution in [3.8, 4) is 0 Å². The number of nitrogens with one attached hydrogen (secondary N) is 1. The van der Waals surface area contributed by atoms with Crippen LogP contribution < -0.4 is 5.32 Å². The minimum absolute atomic E-state index is 0.00644. The van der Waals surface area contributed by atoms with Gasteiger partial charge in [0.2, 0.25) is 0 Å². The third-order valence-electron chi connectivity index (χ3n) is 3.98. The zero-order valence-electron chi connectivity index (χ0n) is 12.6. The maximum atomic E-state index is 11.9. The lowest BCUT2D eigenvalue weighted by atomic mass is 9.93. The van der Waals surface area contributed by atoms with Gasteiger partial charge in [0.1, 0.15) is 0 Å². The van der Waals surface area contributed by atoms with Crippen molar-refractivity contribution >= 4 is 9.84 Å². The molecule has 0 amide bonds. The van der Waals surface area contributed by atoms with Gasteiger partial charge in [-0.2, -0.15) is 0 Å². The van der Waals surface area contributed by atoms with Gasteiger partial charge >= 0.3 is 0 Å². The van der Waals surface area contributed by atoms with E-state index in [2.05, 4.69) is 18.3 Å². The summed E-state index contributed by atoms with van der Waals surface area (Å²) in [6, 6.07) is -0.00644. The highest BCUT2D eigenvalue weighted by atomic mass is 32.2. The van der Waals surface area contributed by atoms with E-state index >= 15 is 0 Å². The normalized spacial score (nSPS) is 21.1. The molecule has 3 nitrogen and oxygen atoms in total. The number of hydrogen-bond acceptors (Lipinski definition) is 3. The summed E-state index contributed by atoms with van der Waals surface area (Å²) in [5.41, 5.74) is 1.31. The lowest BCUT2D eigenvalue weighted by Gasteiger charge is -2.28. The minimum atomic E-state index is -3.01. The second-order valence-electron chi connectivity index (χ2n) is 5.70. The zero-order valence-corrected chi connectivity index (χ0v) is 13.4. The van der Waals surface area contributed by atoms with Crippen molar-refractivity contribution in [3.63, 3.8) is 0 Å². The topological polar surface area (TPSA) is 46.2 Å². The predicted octanol–water partition coefficient (Wildman–Crippen LogP) is 3.07. The Morgan fingerprint density at radius 3 is 2.58 bits per heavy atom. The first-order chi connectivity index (χ1) is 8.96. The van der Waals surface area contributed by atoms with Crippen LogP contribution in [0.3, 0.4) is 0 Å². The molecule has 1 rings (SSSR count). The van der Waals surface area contributed by atoms with E-state index in [1.54, 1.807) is 0 Å². The monoisotopic (exact) mass is 287 g/mol. The molecule has 1 aliphatic rings. The number of sulfone groups is 1. The molecule has 0 aliphatic heterocycles. The van der Waals surface area contributed by atoms with Gasteiger partial charge in [-0.05, 0) is 45.6 Å². The van der Waals surface area contributed by atoms with E-state index in [-0.39, 0.29) is 11.3 Å². The standard InChI is InChI=1S/C15H29NO2S/c1-4-12-16-15(13(2)19(3,17)18)14-10-8-6-5-7-9-11-14/h10,13,15-16H,4-9,11-12H2,1-3H3. The fraction of sp³-hybridized carbons (Fsp3) is 0.867. The number of rotatable bonds is 6. The molecule has 0 aromatic carbocycles. The van der Waals surface area contributed by atoms with Gasteiger partial charge in [0.25, 0.3) is 0 Å². The van der Waals surface area contributed by atoms with Crippen LogP contribution in [0.4, 0.5) is 0 Å². The average Bonchev–Trinajstić information content (AvgIpc) is 2.29. The molecule has 0 saturated heterocycles. The summed E-state index contributed by atoms with van der Waals surface area (Å²) in [4.78, 5) is 0. The first-order valence-corrected chi connectivity index (χ1v) is 9.53. The van der Waals surface area contributed by atoms with Crippen LogP contribution in [0.5, 0.6) is 0 Å². The van der Waals surface area contributed by atoms with Gasteiger partial charge in [-0.15, -0.1) is 0 Å². The summed E-state index contributed by atoms with van der Waals surface area (Å²) in [7, 11) is -3.01. The van der Waals surface area contributed by atoms with Gasteiger partial charge in [0.15, 0.2) is 9.84 Å². The Morgan fingerprint density at radius 1 is 1.26 bits per heavy atom. The van der Waals surface area contributed by atoms with E-state index in [1.165, 1.54) is 37.5 Å². The van der Waals surface area contributed by atoms with E-state index < -0.39 is 9.84 Å². The van der Waals surface area contributed by atoms with E-state index in [0.29, 0.717) is 0 Å². The van der Waals surface area contributed by atoms with Crippen molar-refractivity contribution in [1.82, 2.24) is 5.32 Å². The van der Waals surface area contributed by atoms with Gasteiger partial charge in [-0.25, -0.2) is 8.42 Å². The van der Waals surface area contributed by atoms with E-state index in [4.69, 9.17) is 0 Å². The largest absolute Gasteiger partial charge is 0.309 e. The lowest BCUT2D eigenvalue weighted by Crippen LogP contribution is -2.44. The summed E-state index contributed by atoms with van der Waals surface area (Å²) < 4.78 is 23.7. The second-order valence-corrected chi connectivity index (χ2v) is 8.10. The first kappa shape index (κ1) is 16.7. The van der Waals surface area contributed by atoms with Gasteiger partial charge in [-0.3, -0.25) is 0 Å². The number of allylic oxidation sites excluding steroid dienone is 1. The van der Waals surface area contributed by atoms with Crippen LogP contribution in [0.1, 0.15) is 58.8 Å². The maximum Gasteiger partial charge on any atom is 0.151 e. The van der Waals surface area contributed by atoms with Crippen LogP contribution in [0, 0.1) is 0 Å². The molecule has 0 aromatic rings. The highest BCUT2D eigenvalue weighted by molar-refractivity contribution is 7.91. The molecule has 19 heavy (non-hydrogen) atoms. The van der Waals surface area contributed by atoms with Gasteiger partial charge in [-0.1, -0.05) is 31.4 Å². The van der Waals surface area contributed by atoms with Crippen LogP contribution >= 0.6 is 0 Å². The quantitative estimate of drug-likeness (QED) is 0.764. The fourth-order valence-corrected chi connectivity index (χ4v) is 3.41. The van der Waals surface area contributed by atoms with Crippen LogP contribution in [-0.4, -0.2) is 32.5 Å². The van der Waals surface area contributed by atoms with Crippen molar-refractivity contribution < 1.29 is 8.42 Å². The fourth-order valence-electron chi connectivity index (χ4n) is 2.64. The van der Waals surface area contributed by atoms with E-state index in [1.807, 2.05) is 6.92 Å².